The Bertz CT molecular complexity index is 402. The van der Waals surface area contributed by atoms with Crippen LogP contribution in [-0.4, -0.2) is 25.7 Å². The molecule has 3 nitrogen and oxygen atoms in total. The van der Waals surface area contributed by atoms with Crippen LogP contribution >= 0.6 is 15.9 Å². The van der Waals surface area contributed by atoms with Crippen LogP contribution in [0.4, 0.5) is 0 Å². The summed E-state index contributed by atoms with van der Waals surface area (Å²) in [6.45, 7) is 0.312. The summed E-state index contributed by atoms with van der Waals surface area (Å²) in [6.07, 6.45) is 2.18. The minimum atomic E-state index is -0.198. The first-order valence-corrected chi connectivity index (χ1v) is 6.54. The Kier molecular flexibility index (Phi) is 4.18. The van der Waals surface area contributed by atoms with Gasteiger partial charge in [0.05, 0.1) is 13.7 Å². The Morgan fingerprint density at radius 2 is 2.29 bits per heavy atom. The number of carbonyl (C=O) groups excluding carboxylic acids is 1. The minimum absolute atomic E-state index is 0.198. The quantitative estimate of drug-likeness (QED) is 0.868. The average Bonchev–Trinajstić information content (AvgIpc) is 2.26. The molecule has 1 aromatic carbocycles. The normalized spacial score (nSPS) is 22.9. The van der Waals surface area contributed by atoms with E-state index in [1.807, 2.05) is 6.07 Å². The summed E-state index contributed by atoms with van der Waals surface area (Å²) < 4.78 is 5.71. The van der Waals surface area contributed by atoms with E-state index in [4.69, 9.17) is 0 Å². The Balaban J connectivity index is 1.77. The van der Waals surface area contributed by atoms with Gasteiger partial charge in [0.15, 0.2) is 0 Å². The SMILES string of the molecule is COC(=O)CNC1CC(c2cccc(Br)c2)C1. The zero-order valence-electron chi connectivity index (χ0n) is 9.78. The van der Waals surface area contributed by atoms with E-state index in [2.05, 4.69) is 44.2 Å². The molecule has 1 aromatic rings. The van der Waals surface area contributed by atoms with Crippen LogP contribution in [0.15, 0.2) is 28.7 Å². The van der Waals surface area contributed by atoms with Crippen molar-refractivity contribution in [1.82, 2.24) is 5.32 Å². The van der Waals surface area contributed by atoms with Gasteiger partial charge in [0.2, 0.25) is 0 Å². The molecule has 0 radical (unpaired) electrons. The molecule has 0 unspecified atom stereocenters. The topological polar surface area (TPSA) is 38.3 Å². The van der Waals surface area contributed by atoms with Crippen LogP contribution in [0.5, 0.6) is 0 Å². The summed E-state index contributed by atoms with van der Waals surface area (Å²) in [7, 11) is 1.41. The van der Waals surface area contributed by atoms with Crippen molar-refractivity contribution >= 4 is 21.9 Å². The monoisotopic (exact) mass is 297 g/mol. The zero-order valence-corrected chi connectivity index (χ0v) is 11.4. The number of hydrogen-bond donors (Lipinski definition) is 1. The Labute approximate surface area is 110 Å². The van der Waals surface area contributed by atoms with Gasteiger partial charge in [0.1, 0.15) is 0 Å². The zero-order chi connectivity index (χ0) is 12.3. The van der Waals surface area contributed by atoms with E-state index in [-0.39, 0.29) is 5.97 Å². The highest BCUT2D eigenvalue weighted by Crippen LogP contribution is 2.37. The fourth-order valence-electron chi connectivity index (χ4n) is 2.12. The Hall–Kier alpha value is -0.870. The molecule has 1 fully saturated rings. The lowest BCUT2D eigenvalue weighted by Crippen LogP contribution is -2.42. The lowest BCUT2D eigenvalue weighted by atomic mass is 9.76. The second-order valence-corrected chi connectivity index (χ2v) is 5.29. The molecule has 0 spiro atoms. The molecule has 4 heteroatoms. The second-order valence-electron chi connectivity index (χ2n) is 4.38. The smallest absolute Gasteiger partial charge is 0.319 e. The number of ether oxygens (including phenoxy) is 1. The third-order valence-corrected chi connectivity index (χ3v) is 3.71. The van der Waals surface area contributed by atoms with Gasteiger partial charge in [-0.05, 0) is 36.5 Å². The van der Waals surface area contributed by atoms with E-state index >= 15 is 0 Å². The number of esters is 1. The largest absolute Gasteiger partial charge is 0.468 e. The van der Waals surface area contributed by atoms with Crippen molar-refractivity contribution in [1.29, 1.82) is 0 Å². The number of halogens is 1. The van der Waals surface area contributed by atoms with Gasteiger partial charge in [-0.25, -0.2) is 0 Å². The molecule has 2 rings (SSSR count). The van der Waals surface area contributed by atoms with Crippen LogP contribution in [0.2, 0.25) is 0 Å². The summed E-state index contributed by atoms with van der Waals surface area (Å²) in [5.41, 5.74) is 1.37. The maximum absolute atomic E-state index is 11.0. The van der Waals surface area contributed by atoms with E-state index in [1.165, 1.54) is 12.7 Å². The first-order valence-electron chi connectivity index (χ1n) is 5.74. The highest BCUT2D eigenvalue weighted by atomic mass is 79.9. The fraction of sp³-hybridized carbons (Fsp3) is 0.462. The number of nitrogens with one attached hydrogen (secondary N) is 1. The molecule has 0 heterocycles. The molecular formula is C13H16BrNO2. The van der Waals surface area contributed by atoms with Gasteiger partial charge in [-0.2, -0.15) is 0 Å². The summed E-state index contributed by atoms with van der Waals surface area (Å²) in [4.78, 5) is 11.0. The predicted octanol–water partition coefficient (Wildman–Crippen LogP) is 2.46. The minimum Gasteiger partial charge on any atom is -0.468 e. The van der Waals surface area contributed by atoms with Crippen LogP contribution in [0.3, 0.4) is 0 Å². The van der Waals surface area contributed by atoms with Crippen LogP contribution < -0.4 is 5.32 Å². The molecule has 17 heavy (non-hydrogen) atoms. The van der Waals surface area contributed by atoms with Gasteiger partial charge in [0, 0.05) is 10.5 Å². The van der Waals surface area contributed by atoms with Crippen molar-refractivity contribution in [2.45, 2.75) is 24.8 Å². The summed E-state index contributed by atoms with van der Waals surface area (Å²) in [5, 5.41) is 3.20. The fourth-order valence-corrected chi connectivity index (χ4v) is 2.53. The van der Waals surface area contributed by atoms with E-state index in [0.717, 1.165) is 17.3 Å². The van der Waals surface area contributed by atoms with Crippen LogP contribution in [-0.2, 0) is 9.53 Å². The third kappa shape index (κ3) is 3.30. The predicted molar refractivity (Wildman–Crippen MR) is 69.9 cm³/mol. The molecular weight excluding hydrogens is 282 g/mol. The maximum atomic E-state index is 11.0. The molecule has 0 saturated heterocycles. The lowest BCUT2D eigenvalue weighted by Gasteiger charge is -2.36. The van der Waals surface area contributed by atoms with E-state index in [0.29, 0.717) is 18.5 Å². The molecule has 0 aliphatic heterocycles. The molecule has 0 atom stereocenters. The molecule has 1 aliphatic carbocycles. The average molecular weight is 298 g/mol. The van der Waals surface area contributed by atoms with Crippen molar-refractivity contribution in [2.75, 3.05) is 13.7 Å². The Morgan fingerprint density at radius 1 is 1.53 bits per heavy atom. The van der Waals surface area contributed by atoms with Crippen LogP contribution in [0, 0.1) is 0 Å². The van der Waals surface area contributed by atoms with Crippen molar-refractivity contribution in [3.63, 3.8) is 0 Å². The number of carbonyl (C=O) groups is 1. The number of rotatable bonds is 4. The van der Waals surface area contributed by atoms with Crippen molar-refractivity contribution in [3.8, 4) is 0 Å². The summed E-state index contributed by atoms with van der Waals surface area (Å²) in [6, 6.07) is 8.87. The molecule has 0 aromatic heterocycles. The summed E-state index contributed by atoms with van der Waals surface area (Å²) >= 11 is 3.48. The van der Waals surface area contributed by atoms with Gasteiger partial charge in [-0.1, -0.05) is 28.1 Å². The Morgan fingerprint density at radius 3 is 2.94 bits per heavy atom. The standard InChI is InChI=1S/C13H16BrNO2/c1-17-13(16)8-15-12-6-10(7-12)9-3-2-4-11(14)5-9/h2-5,10,12,15H,6-8H2,1H3. The first-order chi connectivity index (χ1) is 8.19. The number of methoxy groups -OCH3 is 1. The van der Waals surface area contributed by atoms with Crippen LogP contribution in [0.25, 0.3) is 0 Å². The first kappa shape index (κ1) is 12.6. The maximum Gasteiger partial charge on any atom is 0.319 e. The lowest BCUT2D eigenvalue weighted by molar-refractivity contribution is -0.139. The summed E-state index contributed by atoms with van der Waals surface area (Å²) in [5.74, 6) is 0.415. The van der Waals surface area contributed by atoms with Crippen molar-refractivity contribution < 1.29 is 9.53 Å². The number of benzene rings is 1. The second kappa shape index (κ2) is 5.65. The van der Waals surface area contributed by atoms with E-state index in [1.54, 1.807) is 0 Å². The van der Waals surface area contributed by atoms with E-state index < -0.39 is 0 Å². The van der Waals surface area contributed by atoms with Gasteiger partial charge >= 0.3 is 5.97 Å². The molecule has 1 aliphatic rings. The molecule has 0 bridgehead atoms. The third-order valence-electron chi connectivity index (χ3n) is 3.22. The van der Waals surface area contributed by atoms with Gasteiger partial charge < -0.3 is 10.1 Å². The highest BCUT2D eigenvalue weighted by Gasteiger charge is 2.30. The van der Waals surface area contributed by atoms with Gasteiger partial charge in [-0.3, -0.25) is 4.79 Å². The molecule has 92 valence electrons. The van der Waals surface area contributed by atoms with Gasteiger partial charge in [-0.15, -0.1) is 0 Å². The van der Waals surface area contributed by atoms with Crippen LogP contribution in [0.1, 0.15) is 24.3 Å². The molecule has 0 amide bonds. The van der Waals surface area contributed by atoms with Crippen molar-refractivity contribution in [3.05, 3.63) is 34.3 Å². The molecule has 1 saturated carbocycles. The van der Waals surface area contributed by atoms with Crippen molar-refractivity contribution in [2.24, 2.45) is 0 Å². The highest BCUT2D eigenvalue weighted by molar-refractivity contribution is 9.10. The molecule has 1 N–H and O–H groups in total. The number of hydrogen-bond acceptors (Lipinski definition) is 3. The van der Waals surface area contributed by atoms with Gasteiger partial charge in [0.25, 0.3) is 0 Å². The van der Waals surface area contributed by atoms with E-state index in [9.17, 15) is 4.79 Å².